The lowest BCUT2D eigenvalue weighted by Crippen LogP contribution is -2.41. The number of aryl methyl sites for hydroxylation is 1. The second-order valence-electron chi connectivity index (χ2n) is 7.46. The van der Waals surface area contributed by atoms with E-state index in [2.05, 4.69) is 39.2 Å². The summed E-state index contributed by atoms with van der Waals surface area (Å²) in [6.45, 7) is 4.95. The Hall–Kier alpha value is -2.79. The normalized spacial score (nSPS) is 17.4. The second kappa shape index (κ2) is 8.48. The van der Waals surface area contributed by atoms with E-state index in [4.69, 9.17) is 0 Å². The van der Waals surface area contributed by atoms with Crippen LogP contribution >= 0.6 is 0 Å². The van der Waals surface area contributed by atoms with Crippen LogP contribution in [0.2, 0.25) is 0 Å². The van der Waals surface area contributed by atoms with Gasteiger partial charge in [-0.25, -0.2) is 14.4 Å². The highest BCUT2D eigenvalue weighted by Crippen LogP contribution is 2.20. The van der Waals surface area contributed by atoms with Gasteiger partial charge >= 0.3 is 0 Å². The highest BCUT2D eigenvalue weighted by molar-refractivity contribution is 5.59. The highest BCUT2D eigenvalue weighted by atomic mass is 19.1. The van der Waals surface area contributed by atoms with Gasteiger partial charge < -0.3 is 5.32 Å². The number of nitrogens with one attached hydrogen (secondary N) is 1. The minimum atomic E-state index is -0.204. The number of hydrogen-bond acceptors (Lipinski definition) is 4. The van der Waals surface area contributed by atoms with Crippen LogP contribution in [0.5, 0.6) is 0 Å². The molecule has 0 radical (unpaired) electrons. The Morgan fingerprint density at radius 1 is 1.07 bits per heavy atom. The van der Waals surface area contributed by atoms with Crippen LogP contribution < -0.4 is 5.32 Å². The first-order valence-corrected chi connectivity index (χ1v) is 9.79. The fraction of sp³-hybridized carbons (Fsp3) is 0.304. The van der Waals surface area contributed by atoms with Crippen molar-refractivity contribution in [1.82, 2.24) is 14.9 Å². The molecule has 0 unspecified atom stereocenters. The molecule has 0 amide bonds. The van der Waals surface area contributed by atoms with Crippen LogP contribution in [0.25, 0.3) is 11.4 Å². The molecule has 5 heteroatoms. The van der Waals surface area contributed by atoms with Gasteiger partial charge in [0.2, 0.25) is 0 Å². The molecule has 0 aliphatic carbocycles. The molecule has 144 valence electrons. The first-order valence-electron chi connectivity index (χ1n) is 9.79. The molecule has 1 saturated heterocycles. The van der Waals surface area contributed by atoms with Gasteiger partial charge in [-0.05, 0) is 56.1 Å². The average Bonchev–Trinajstić information content (AvgIpc) is 2.71. The number of rotatable bonds is 5. The standard InChI is InChI=1S/C23H25FN4/c1-17-5-2-3-7-22(17)23-25-13-18(14-26-23)15-28-12-4-6-21(16-28)27-20-10-8-19(24)9-11-20/h2-3,5,7-11,13-14,21,27H,4,6,12,15-16H2,1H3/t21-/m0/s1. The van der Waals surface area contributed by atoms with Gasteiger partial charge in [0, 0.05) is 48.3 Å². The predicted octanol–water partition coefficient (Wildman–Crippen LogP) is 4.67. The lowest BCUT2D eigenvalue weighted by Gasteiger charge is -2.33. The Kier molecular flexibility index (Phi) is 5.63. The average molecular weight is 376 g/mol. The van der Waals surface area contributed by atoms with Crippen molar-refractivity contribution in [2.24, 2.45) is 0 Å². The molecule has 28 heavy (non-hydrogen) atoms. The summed E-state index contributed by atoms with van der Waals surface area (Å²) in [5, 5.41) is 3.52. The Bertz CT molecular complexity index is 909. The van der Waals surface area contributed by atoms with E-state index in [1.165, 1.54) is 17.7 Å². The Morgan fingerprint density at radius 3 is 2.57 bits per heavy atom. The van der Waals surface area contributed by atoms with E-state index in [0.29, 0.717) is 6.04 Å². The number of hydrogen-bond donors (Lipinski definition) is 1. The summed E-state index contributed by atoms with van der Waals surface area (Å²) in [6, 6.07) is 15.1. The number of aromatic nitrogens is 2. The minimum Gasteiger partial charge on any atom is -0.381 e. The van der Waals surface area contributed by atoms with Crippen LogP contribution in [-0.4, -0.2) is 34.0 Å². The minimum absolute atomic E-state index is 0.204. The summed E-state index contributed by atoms with van der Waals surface area (Å²) in [6.07, 6.45) is 6.13. The highest BCUT2D eigenvalue weighted by Gasteiger charge is 2.20. The van der Waals surface area contributed by atoms with E-state index in [0.717, 1.165) is 55.1 Å². The van der Waals surface area contributed by atoms with E-state index < -0.39 is 0 Å². The Morgan fingerprint density at radius 2 is 1.82 bits per heavy atom. The van der Waals surface area contributed by atoms with Gasteiger partial charge in [-0.3, -0.25) is 4.90 Å². The fourth-order valence-electron chi connectivity index (χ4n) is 3.76. The third kappa shape index (κ3) is 4.54. The first kappa shape index (κ1) is 18.6. The summed E-state index contributed by atoms with van der Waals surface area (Å²) in [7, 11) is 0. The molecule has 0 saturated carbocycles. The van der Waals surface area contributed by atoms with Crippen molar-refractivity contribution in [2.45, 2.75) is 32.4 Å². The van der Waals surface area contributed by atoms with Gasteiger partial charge in [-0.15, -0.1) is 0 Å². The maximum atomic E-state index is 13.1. The van der Waals surface area contributed by atoms with Crippen LogP contribution in [0.3, 0.4) is 0 Å². The van der Waals surface area contributed by atoms with Crippen LogP contribution in [0.15, 0.2) is 60.9 Å². The summed E-state index contributed by atoms with van der Waals surface area (Å²) < 4.78 is 13.1. The zero-order chi connectivity index (χ0) is 19.3. The van der Waals surface area contributed by atoms with Gasteiger partial charge in [-0.2, -0.15) is 0 Å². The smallest absolute Gasteiger partial charge is 0.159 e. The van der Waals surface area contributed by atoms with Crippen molar-refractivity contribution in [3.63, 3.8) is 0 Å². The van der Waals surface area contributed by atoms with Crippen LogP contribution in [0, 0.1) is 12.7 Å². The molecule has 1 aliphatic heterocycles. The molecule has 1 atom stereocenters. The van der Waals surface area contributed by atoms with Crippen molar-refractivity contribution in [2.75, 3.05) is 18.4 Å². The number of likely N-dealkylation sites (tertiary alicyclic amines) is 1. The number of anilines is 1. The predicted molar refractivity (Wildman–Crippen MR) is 111 cm³/mol. The first-order chi connectivity index (χ1) is 13.7. The van der Waals surface area contributed by atoms with E-state index in [1.54, 1.807) is 12.1 Å². The monoisotopic (exact) mass is 376 g/mol. The number of halogens is 1. The molecular formula is C23H25FN4. The van der Waals surface area contributed by atoms with Crippen molar-refractivity contribution >= 4 is 5.69 Å². The second-order valence-corrected chi connectivity index (χ2v) is 7.46. The van der Waals surface area contributed by atoms with Gasteiger partial charge in [0.15, 0.2) is 5.82 Å². The van der Waals surface area contributed by atoms with Gasteiger partial charge in [0.1, 0.15) is 5.82 Å². The zero-order valence-corrected chi connectivity index (χ0v) is 16.1. The quantitative estimate of drug-likeness (QED) is 0.703. The maximum absolute atomic E-state index is 13.1. The topological polar surface area (TPSA) is 41.1 Å². The molecule has 1 aliphatic rings. The van der Waals surface area contributed by atoms with Gasteiger partial charge in [-0.1, -0.05) is 24.3 Å². The lowest BCUT2D eigenvalue weighted by atomic mass is 10.0. The van der Waals surface area contributed by atoms with Gasteiger partial charge in [0.05, 0.1) is 0 Å². The van der Waals surface area contributed by atoms with Crippen LogP contribution in [0.1, 0.15) is 24.0 Å². The molecule has 2 aromatic carbocycles. The number of benzene rings is 2. The number of piperidine rings is 1. The van der Waals surface area contributed by atoms with E-state index >= 15 is 0 Å². The van der Waals surface area contributed by atoms with Gasteiger partial charge in [0.25, 0.3) is 0 Å². The molecule has 3 aromatic rings. The third-order valence-electron chi connectivity index (χ3n) is 5.22. The van der Waals surface area contributed by atoms with E-state index in [9.17, 15) is 4.39 Å². The summed E-state index contributed by atoms with van der Waals surface area (Å²) in [4.78, 5) is 11.6. The van der Waals surface area contributed by atoms with E-state index in [1.807, 2.05) is 24.5 Å². The summed E-state index contributed by atoms with van der Waals surface area (Å²) in [5.74, 6) is 0.571. The molecule has 0 spiro atoms. The summed E-state index contributed by atoms with van der Waals surface area (Å²) in [5.41, 5.74) is 4.36. The SMILES string of the molecule is Cc1ccccc1-c1ncc(CN2CCC[C@H](Nc3ccc(F)cc3)C2)cn1. The molecule has 1 aromatic heterocycles. The molecule has 2 heterocycles. The molecule has 1 fully saturated rings. The summed E-state index contributed by atoms with van der Waals surface area (Å²) >= 11 is 0. The molecule has 4 rings (SSSR count). The zero-order valence-electron chi connectivity index (χ0n) is 16.1. The largest absolute Gasteiger partial charge is 0.381 e. The lowest BCUT2D eigenvalue weighted by molar-refractivity contribution is 0.208. The van der Waals surface area contributed by atoms with Crippen molar-refractivity contribution in [3.05, 3.63) is 77.9 Å². The van der Waals surface area contributed by atoms with Crippen LogP contribution in [0.4, 0.5) is 10.1 Å². The number of nitrogens with zero attached hydrogens (tertiary/aromatic N) is 3. The Balaban J connectivity index is 1.37. The Labute approximate surface area is 165 Å². The fourth-order valence-corrected chi connectivity index (χ4v) is 3.76. The molecule has 4 nitrogen and oxygen atoms in total. The van der Waals surface area contributed by atoms with Crippen molar-refractivity contribution in [1.29, 1.82) is 0 Å². The third-order valence-corrected chi connectivity index (χ3v) is 5.22. The van der Waals surface area contributed by atoms with E-state index in [-0.39, 0.29) is 5.82 Å². The van der Waals surface area contributed by atoms with Crippen molar-refractivity contribution < 1.29 is 4.39 Å². The molecular weight excluding hydrogens is 351 g/mol. The maximum Gasteiger partial charge on any atom is 0.159 e. The van der Waals surface area contributed by atoms with Crippen molar-refractivity contribution in [3.8, 4) is 11.4 Å². The molecule has 1 N–H and O–H groups in total. The van der Waals surface area contributed by atoms with Crippen LogP contribution in [-0.2, 0) is 6.54 Å². The molecule has 0 bridgehead atoms.